The summed E-state index contributed by atoms with van der Waals surface area (Å²) in [6.07, 6.45) is 1.65. The third kappa shape index (κ3) is 4.70. The van der Waals surface area contributed by atoms with Crippen molar-refractivity contribution < 1.29 is 19.4 Å². The molecule has 2 aromatic rings. The molecule has 4 rings (SSSR count). The number of nitrogens with zero attached hydrogens (tertiary/aromatic N) is 3. The number of carbonyl (C=O) groups is 2. The number of anilines is 1. The van der Waals surface area contributed by atoms with E-state index < -0.39 is 0 Å². The van der Waals surface area contributed by atoms with Gasteiger partial charge in [-0.25, -0.2) is 0 Å². The van der Waals surface area contributed by atoms with E-state index in [2.05, 4.69) is 41.0 Å². The van der Waals surface area contributed by atoms with Gasteiger partial charge in [-0.3, -0.25) is 19.4 Å². The average molecular weight is 440 g/mol. The van der Waals surface area contributed by atoms with Gasteiger partial charge in [0.25, 0.3) is 11.1 Å². The number of imide groups is 1. The van der Waals surface area contributed by atoms with Gasteiger partial charge < -0.3 is 14.7 Å². The Morgan fingerprint density at radius 3 is 2.45 bits per heavy atom. The van der Waals surface area contributed by atoms with Crippen molar-refractivity contribution in [1.82, 2.24) is 9.80 Å². The van der Waals surface area contributed by atoms with E-state index in [0.717, 1.165) is 37.9 Å². The molecule has 0 atom stereocenters. The largest absolute Gasteiger partial charge is 0.504 e. The SMILES string of the molecule is COc1cc(C=C2SC(=O)N(CN3CCN(c4ccc(C)cc4)CC3)C2=O)ccc1O. The van der Waals surface area contributed by atoms with E-state index in [4.69, 9.17) is 4.74 Å². The molecule has 0 bridgehead atoms. The van der Waals surface area contributed by atoms with Gasteiger partial charge in [0.2, 0.25) is 0 Å². The first kappa shape index (κ1) is 21.3. The van der Waals surface area contributed by atoms with Gasteiger partial charge >= 0.3 is 0 Å². The van der Waals surface area contributed by atoms with E-state index in [9.17, 15) is 14.7 Å². The molecule has 2 saturated heterocycles. The monoisotopic (exact) mass is 439 g/mol. The Kier molecular flexibility index (Phi) is 6.20. The summed E-state index contributed by atoms with van der Waals surface area (Å²) in [6, 6.07) is 13.3. The van der Waals surface area contributed by atoms with Crippen LogP contribution in [0.3, 0.4) is 0 Å². The number of hydrogen-bond acceptors (Lipinski definition) is 7. The second-order valence-electron chi connectivity index (χ2n) is 7.62. The number of ether oxygens (including phenoxy) is 1. The van der Waals surface area contributed by atoms with Crippen molar-refractivity contribution in [2.24, 2.45) is 0 Å². The van der Waals surface area contributed by atoms with Crippen molar-refractivity contribution in [3.63, 3.8) is 0 Å². The van der Waals surface area contributed by atoms with Crippen LogP contribution in [0.4, 0.5) is 10.5 Å². The number of aromatic hydroxyl groups is 1. The zero-order valence-electron chi connectivity index (χ0n) is 17.6. The topological polar surface area (TPSA) is 73.3 Å². The summed E-state index contributed by atoms with van der Waals surface area (Å²) in [6.45, 7) is 5.63. The number of carbonyl (C=O) groups excluding carboxylic acids is 2. The fourth-order valence-corrected chi connectivity index (χ4v) is 4.49. The molecule has 1 N–H and O–H groups in total. The molecule has 2 aromatic carbocycles. The Balaban J connectivity index is 1.38. The normalized spacial score (nSPS) is 18.8. The Hall–Kier alpha value is -2.97. The van der Waals surface area contributed by atoms with Gasteiger partial charge in [0.15, 0.2) is 11.5 Å². The molecule has 162 valence electrons. The average Bonchev–Trinajstić information content (AvgIpc) is 3.03. The second-order valence-corrected chi connectivity index (χ2v) is 8.62. The van der Waals surface area contributed by atoms with Crippen LogP contribution in [0.1, 0.15) is 11.1 Å². The zero-order valence-corrected chi connectivity index (χ0v) is 18.4. The minimum atomic E-state index is -0.289. The van der Waals surface area contributed by atoms with Crippen LogP contribution in [0.2, 0.25) is 0 Å². The number of thioether (sulfide) groups is 1. The van der Waals surface area contributed by atoms with Crippen molar-refractivity contribution >= 4 is 34.7 Å². The quantitative estimate of drug-likeness (QED) is 0.715. The van der Waals surface area contributed by atoms with Crippen LogP contribution in [-0.4, -0.2) is 66.0 Å². The highest BCUT2D eigenvalue weighted by atomic mass is 32.2. The fraction of sp³-hybridized carbons (Fsp3) is 0.304. The molecule has 2 heterocycles. The van der Waals surface area contributed by atoms with Gasteiger partial charge in [-0.1, -0.05) is 23.8 Å². The summed E-state index contributed by atoms with van der Waals surface area (Å²) in [5.74, 6) is 0.0555. The van der Waals surface area contributed by atoms with Crippen LogP contribution in [-0.2, 0) is 4.79 Å². The zero-order chi connectivity index (χ0) is 22.0. The van der Waals surface area contributed by atoms with Crippen LogP contribution in [0.15, 0.2) is 47.4 Å². The van der Waals surface area contributed by atoms with Crippen LogP contribution in [0.5, 0.6) is 11.5 Å². The first-order valence-electron chi connectivity index (χ1n) is 10.1. The summed E-state index contributed by atoms with van der Waals surface area (Å²) in [4.78, 5) is 31.4. The number of hydrogen-bond donors (Lipinski definition) is 1. The highest BCUT2D eigenvalue weighted by Gasteiger charge is 2.36. The lowest BCUT2D eigenvalue weighted by atomic mass is 10.2. The number of phenolic OH excluding ortho intramolecular Hbond substituents is 1. The Labute approximate surface area is 185 Å². The Bertz CT molecular complexity index is 1010. The molecule has 0 unspecified atom stereocenters. The summed E-state index contributed by atoms with van der Waals surface area (Å²) in [5.41, 5.74) is 3.12. The van der Waals surface area contributed by atoms with Crippen LogP contribution in [0, 0.1) is 6.92 Å². The van der Waals surface area contributed by atoms with E-state index in [-0.39, 0.29) is 16.9 Å². The number of rotatable bonds is 5. The van der Waals surface area contributed by atoms with E-state index in [1.165, 1.54) is 29.3 Å². The van der Waals surface area contributed by atoms with Crippen molar-refractivity contribution in [1.29, 1.82) is 0 Å². The molecule has 0 saturated carbocycles. The van der Waals surface area contributed by atoms with E-state index in [1.54, 1.807) is 18.2 Å². The highest BCUT2D eigenvalue weighted by molar-refractivity contribution is 8.18. The maximum absolute atomic E-state index is 12.8. The third-order valence-electron chi connectivity index (χ3n) is 5.49. The van der Waals surface area contributed by atoms with Crippen LogP contribution >= 0.6 is 11.8 Å². The molecule has 7 nitrogen and oxygen atoms in total. The molecule has 0 radical (unpaired) electrons. The fourth-order valence-electron chi connectivity index (χ4n) is 3.66. The number of aryl methyl sites for hydroxylation is 1. The summed E-state index contributed by atoms with van der Waals surface area (Å²) in [7, 11) is 1.46. The molecular formula is C23H25N3O4S. The summed E-state index contributed by atoms with van der Waals surface area (Å²) in [5, 5.41) is 9.47. The molecule has 2 fully saturated rings. The number of benzene rings is 2. The minimum absolute atomic E-state index is 0.0255. The van der Waals surface area contributed by atoms with Crippen molar-refractivity contribution in [3.05, 3.63) is 58.5 Å². The minimum Gasteiger partial charge on any atom is -0.504 e. The molecule has 0 aromatic heterocycles. The second kappa shape index (κ2) is 9.03. The van der Waals surface area contributed by atoms with E-state index in [0.29, 0.717) is 22.9 Å². The molecule has 8 heteroatoms. The first-order chi connectivity index (χ1) is 14.9. The van der Waals surface area contributed by atoms with Crippen LogP contribution < -0.4 is 9.64 Å². The standard InChI is InChI=1S/C23H25N3O4S/c1-16-3-6-18(7-4-16)25-11-9-24(10-12-25)15-26-22(28)21(31-23(26)29)14-17-5-8-19(27)20(13-17)30-2/h3-8,13-14,27H,9-12,15H2,1-2H3. The lowest BCUT2D eigenvalue weighted by molar-refractivity contribution is -0.124. The molecule has 2 aliphatic heterocycles. The predicted octanol–water partition coefficient (Wildman–Crippen LogP) is 3.53. The lowest BCUT2D eigenvalue weighted by Gasteiger charge is -2.37. The van der Waals surface area contributed by atoms with E-state index >= 15 is 0 Å². The molecular weight excluding hydrogens is 414 g/mol. The third-order valence-corrected chi connectivity index (χ3v) is 6.40. The number of phenols is 1. The summed E-state index contributed by atoms with van der Waals surface area (Å²) >= 11 is 0.940. The summed E-state index contributed by atoms with van der Waals surface area (Å²) < 4.78 is 5.11. The maximum atomic E-state index is 12.8. The number of amides is 2. The van der Waals surface area contributed by atoms with Gasteiger partial charge in [0.05, 0.1) is 18.7 Å². The van der Waals surface area contributed by atoms with Gasteiger partial charge in [-0.15, -0.1) is 0 Å². The smallest absolute Gasteiger partial charge is 0.294 e. The molecule has 0 aliphatic carbocycles. The van der Waals surface area contributed by atoms with E-state index in [1.807, 2.05) is 0 Å². The van der Waals surface area contributed by atoms with Crippen LogP contribution in [0.25, 0.3) is 6.08 Å². The number of methoxy groups -OCH3 is 1. The molecule has 2 amide bonds. The highest BCUT2D eigenvalue weighted by Crippen LogP contribution is 2.34. The van der Waals surface area contributed by atoms with Crippen molar-refractivity contribution in [2.45, 2.75) is 6.92 Å². The molecule has 0 spiro atoms. The molecule has 2 aliphatic rings. The maximum Gasteiger partial charge on any atom is 0.294 e. The Morgan fingerprint density at radius 1 is 1.06 bits per heavy atom. The number of piperazine rings is 1. The van der Waals surface area contributed by atoms with Crippen molar-refractivity contribution in [2.75, 3.05) is 44.9 Å². The lowest BCUT2D eigenvalue weighted by Crippen LogP contribution is -2.50. The predicted molar refractivity (Wildman–Crippen MR) is 122 cm³/mol. The first-order valence-corrected chi connectivity index (χ1v) is 10.9. The Morgan fingerprint density at radius 2 is 1.77 bits per heavy atom. The van der Waals surface area contributed by atoms with Gasteiger partial charge in [-0.05, 0) is 54.6 Å². The van der Waals surface area contributed by atoms with Gasteiger partial charge in [-0.2, -0.15) is 0 Å². The van der Waals surface area contributed by atoms with Crippen molar-refractivity contribution in [3.8, 4) is 11.5 Å². The van der Waals surface area contributed by atoms with Gasteiger partial charge in [0, 0.05) is 31.9 Å². The molecule has 31 heavy (non-hydrogen) atoms. The van der Waals surface area contributed by atoms with Gasteiger partial charge in [0.1, 0.15) is 0 Å².